The number of hydrogen-bond donors (Lipinski definition) is 1. The molecule has 1 aromatic heterocycles. The van der Waals surface area contributed by atoms with Gasteiger partial charge in [-0.3, -0.25) is 9.59 Å². The molecule has 0 spiro atoms. The Morgan fingerprint density at radius 3 is 2.64 bits per heavy atom. The van der Waals surface area contributed by atoms with E-state index in [0.29, 0.717) is 19.7 Å². The first-order valence-electron chi connectivity index (χ1n) is 9.91. The summed E-state index contributed by atoms with van der Waals surface area (Å²) in [6.07, 6.45) is 1.52. The van der Waals surface area contributed by atoms with Gasteiger partial charge in [0.2, 0.25) is 5.91 Å². The number of benzene rings is 1. The number of thiophene rings is 1. The number of amides is 2. The van der Waals surface area contributed by atoms with Crippen molar-refractivity contribution >= 4 is 33.2 Å². The van der Waals surface area contributed by atoms with Crippen LogP contribution in [0, 0.1) is 0 Å². The number of carbonyl (C=O) groups excluding carboxylic acids is 2. The second-order valence-corrected chi connectivity index (χ2v) is 8.78. The van der Waals surface area contributed by atoms with Gasteiger partial charge in [-0.1, -0.05) is 18.2 Å². The van der Waals surface area contributed by atoms with Gasteiger partial charge in [0, 0.05) is 49.4 Å². The molecule has 0 aliphatic carbocycles. The van der Waals surface area contributed by atoms with Gasteiger partial charge in [-0.2, -0.15) is 0 Å². The molecular weight excluding hydrogens is 374 g/mol. The molecule has 1 atom stereocenters. The molecule has 0 saturated carbocycles. The smallest absolute Gasteiger partial charge is 0.264 e. The maximum absolute atomic E-state index is 13.4. The van der Waals surface area contributed by atoms with Gasteiger partial charge in [-0.05, 0) is 31.3 Å². The van der Waals surface area contributed by atoms with E-state index in [4.69, 9.17) is 4.74 Å². The van der Waals surface area contributed by atoms with E-state index >= 15 is 0 Å². The number of likely N-dealkylation sites (tertiary alicyclic amines) is 1. The summed E-state index contributed by atoms with van der Waals surface area (Å²) < 4.78 is 7.22. The summed E-state index contributed by atoms with van der Waals surface area (Å²) in [5.74, 6) is 0.0874. The van der Waals surface area contributed by atoms with Crippen LogP contribution in [0.2, 0.25) is 0 Å². The first-order chi connectivity index (χ1) is 13.5. The highest BCUT2D eigenvalue weighted by atomic mass is 32.1. The maximum Gasteiger partial charge on any atom is 0.264 e. The Kier molecular flexibility index (Phi) is 5.66. The van der Waals surface area contributed by atoms with Gasteiger partial charge >= 0.3 is 0 Å². The molecule has 0 radical (unpaired) electrons. The average Bonchev–Trinajstić information content (AvgIpc) is 3.07. The Balaban J connectivity index is 1.60. The van der Waals surface area contributed by atoms with Crippen molar-refractivity contribution in [1.29, 1.82) is 0 Å². The Hall–Kier alpha value is -1.96. The fraction of sp³-hybridized carbons (Fsp3) is 0.524. The summed E-state index contributed by atoms with van der Waals surface area (Å²) in [6.45, 7) is 5.28. The molecule has 1 aromatic carbocycles. The van der Waals surface area contributed by atoms with Crippen LogP contribution in [0.3, 0.4) is 0 Å². The lowest BCUT2D eigenvalue weighted by Gasteiger charge is -2.33. The molecule has 2 aromatic rings. The summed E-state index contributed by atoms with van der Waals surface area (Å²) in [5, 5.41) is 4.10. The van der Waals surface area contributed by atoms with Crippen LogP contribution in [0.15, 0.2) is 24.3 Å². The van der Waals surface area contributed by atoms with Crippen molar-refractivity contribution in [3.8, 4) is 0 Å². The van der Waals surface area contributed by atoms with Crippen LogP contribution in [0.5, 0.6) is 0 Å². The van der Waals surface area contributed by atoms with Crippen LogP contribution in [0.1, 0.15) is 41.1 Å². The molecule has 2 aliphatic heterocycles. The van der Waals surface area contributed by atoms with Gasteiger partial charge in [-0.25, -0.2) is 0 Å². The number of piperidine rings is 1. The molecule has 28 heavy (non-hydrogen) atoms. The van der Waals surface area contributed by atoms with Crippen LogP contribution in [0.25, 0.3) is 10.1 Å². The van der Waals surface area contributed by atoms with E-state index in [2.05, 4.69) is 29.4 Å². The Morgan fingerprint density at radius 2 is 1.93 bits per heavy atom. The normalized spacial score (nSPS) is 21.8. The van der Waals surface area contributed by atoms with E-state index in [9.17, 15) is 9.59 Å². The zero-order chi connectivity index (χ0) is 19.7. The molecule has 2 fully saturated rings. The van der Waals surface area contributed by atoms with E-state index in [1.807, 2.05) is 17.0 Å². The standard InChI is InChI=1S/C21H27N3O3S/c1-14(25)22-15-7-9-24(10-8-15)21(26)20-19(17-13-23(2)11-12-27-17)16-5-3-4-6-18(16)28-20/h3-6,15,17H,7-13H2,1-2H3,(H,22,25)/t17-/m0/s1. The lowest BCUT2D eigenvalue weighted by Crippen LogP contribution is -2.46. The van der Waals surface area contributed by atoms with Gasteiger partial charge in [0.25, 0.3) is 5.91 Å². The Labute approximate surface area is 169 Å². The van der Waals surface area contributed by atoms with Gasteiger partial charge in [0.05, 0.1) is 17.6 Å². The predicted octanol–water partition coefficient (Wildman–Crippen LogP) is 2.65. The van der Waals surface area contributed by atoms with Crippen molar-refractivity contribution in [2.45, 2.75) is 31.9 Å². The molecule has 2 amide bonds. The minimum Gasteiger partial charge on any atom is -0.371 e. The SMILES string of the molecule is CC(=O)NC1CCN(C(=O)c2sc3ccccc3c2[C@@H]2CN(C)CCO2)CC1. The Bertz CT molecular complexity index is 873. The molecule has 2 saturated heterocycles. The molecular formula is C21H27N3O3S. The highest BCUT2D eigenvalue weighted by Gasteiger charge is 2.32. The lowest BCUT2D eigenvalue weighted by atomic mass is 10.0. The number of nitrogens with one attached hydrogen (secondary N) is 1. The van der Waals surface area contributed by atoms with Gasteiger partial charge in [0.1, 0.15) is 0 Å². The molecule has 150 valence electrons. The van der Waals surface area contributed by atoms with E-state index in [-0.39, 0.29) is 24.0 Å². The van der Waals surface area contributed by atoms with Crippen LogP contribution < -0.4 is 5.32 Å². The molecule has 0 unspecified atom stereocenters. The fourth-order valence-electron chi connectivity index (χ4n) is 4.15. The first kappa shape index (κ1) is 19.4. The predicted molar refractivity (Wildman–Crippen MR) is 111 cm³/mol. The van der Waals surface area contributed by atoms with Gasteiger partial charge in [0.15, 0.2) is 0 Å². The van der Waals surface area contributed by atoms with Crippen molar-refractivity contribution in [3.63, 3.8) is 0 Å². The van der Waals surface area contributed by atoms with Gasteiger partial charge in [-0.15, -0.1) is 11.3 Å². The van der Waals surface area contributed by atoms with Crippen molar-refractivity contribution in [2.75, 3.05) is 39.8 Å². The quantitative estimate of drug-likeness (QED) is 0.859. The second kappa shape index (κ2) is 8.19. The highest BCUT2D eigenvalue weighted by Crippen LogP contribution is 2.39. The number of rotatable bonds is 3. The molecule has 0 bridgehead atoms. The van der Waals surface area contributed by atoms with E-state index in [1.165, 1.54) is 0 Å². The molecule has 2 aliphatic rings. The fourth-order valence-corrected chi connectivity index (χ4v) is 5.38. The number of morpholine rings is 1. The monoisotopic (exact) mass is 401 g/mol. The molecule has 1 N–H and O–H groups in total. The second-order valence-electron chi connectivity index (χ2n) is 7.73. The van der Waals surface area contributed by atoms with E-state index in [1.54, 1.807) is 18.3 Å². The van der Waals surface area contributed by atoms with Crippen molar-refractivity contribution in [2.24, 2.45) is 0 Å². The van der Waals surface area contributed by atoms with Crippen LogP contribution in [0.4, 0.5) is 0 Å². The van der Waals surface area contributed by atoms with E-state index < -0.39 is 0 Å². The number of nitrogens with zero attached hydrogens (tertiary/aromatic N) is 2. The van der Waals surface area contributed by atoms with Crippen molar-refractivity contribution < 1.29 is 14.3 Å². The van der Waals surface area contributed by atoms with E-state index in [0.717, 1.165) is 46.5 Å². The topological polar surface area (TPSA) is 61.9 Å². The molecule has 7 heteroatoms. The minimum atomic E-state index is -0.0780. The molecule has 6 nitrogen and oxygen atoms in total. The van der Waals surface area contributed by atoms with Crippen LogP contribution in [-0.4, -0.2) is 67.5 Å². The zero-order valence-corrected chi connectivity index (χ0v) is 17.3. The first-order valence-corrected chi connectivity index (χ1v) is 10.7. The van der Waals surface area contributed by atoms with Gasteiger partial charge < -0.3 is 19.9 Å². The number of hydrogen-bond acceptors (Lipinski definition) is 5. The highest BCUT2D eigenvalue weighted by molar-refractivity contribution is 7.21. The summed E-state index contributed by atoms with van der Waals surface area (Å²) in [7, 11) is 2.10. The Morgan fingerprint density at radius 1 is 1.18 bits per heavy atom. The van der Waals surface area contributed by atoms with Crippen LogP contribution >= 0.6 is 11.3 Å². The summed E-state index contributed by atoms with van der Waals surface area (Å²) >= 11 is 1.57. The average molecular weight is 402 g/mol. The van der Waals surface area contributed by atoms with Crippen molar-refractivity contribution in [3.05, 3.63) is 34.7 Å². The lowest BCUT2D eigenvalue weighted by molar-refractivity contribution is -0.119. The number of carbonyl (C=O) groups is 2. The largest absolute Gasteiger partial charge is 0.371 e. The third-order valence-corrected chi connectivity index (χ3v) is 6.78. The number of fused-ring (bicyclic) bond motifs is 1. The zero-order valence-electron chi connectivity index (χ0n) is 16.4. The van der Waals surface area contributed by atoms with Crippen molar-refractivity contribution in [1.82, 2.24) is 15.1 Å². The third kappa shape index (κ3) is 3.92. The summed E-state index contributed by atoms with van der Waals surface area (Å²) in [5.41, 5.74) is 1.04. The molecule has 4 rings (SSSR count). The summed E-state index contributed by atoms with van der Waals surface area (Å²) in [6, 6.07) is 8.38. The maximum atomic E-state index is 13.4. The number of likely N-dealkylation sites (N-methyl/N-ethyl adjacent to an activating group) is 1. The minimum absolute atomic E-state index is 0.00450. The number of ether oxygens (including phenoxy) is 1. The molecule has 3 heterocycles. The summed E-state index contributed by atoms with van der Waals surface area (Å²) in [4.78, 5) is 29.7. The van der Waals surface area contributed by atoms with Crippen LogP contribution in [-0.2, 0) is 9.53 Å². The third-order valence-electron chi connectivity index (χ3n) is 5.61.